The maximum atomic E-state index is 12.7. The maximum absolute atomic E-state index is 12.7. The quantitative estimate of drug-likeness (QED) is 0.692. The third-order valence-electron chi connectivity index (χ3n) is 3.68. The number of rotatable bonds is 2. The van der Waals surface area contributed by atoms with E-state index in [0.29, 0.717) is 4.88 Å². The predicted octanol–water partition coefficient (Wildman–Crippen LogP) is 3.74. The lowest BCUT2D eigenvalue weighted by molar-refractivity contribution is -0.137. The number of alkyl halides is 3. The minimum absolute atomic E-state index is 0.0422. The van der Waals surface area contributed by atoms with Crippen LogP contribution in [-0.2, 0) is 13.2 Å². The molecule has 0 spiro atoms. The van der Waals surface area contributed by atoms with E-state index in [0.717, 1.165) is 28.0 Å². The Balaban J connectivity index is 1.65. The van der Waals surface area contributed by atoms with Crippen molar-refractivity contribution in [3.05, 3.63) is 52.0 Å². The molecule has 0 aliphatic carbocycles. The summed E-state index contributed by atoms with van der Waals surface area (Å²) in [6.07, 6.45) is -4.40. The third kappa shape index (κ3) is 3.73. The number of hydrogen-bond acceptors (Lipinski definition) is 3. The molecule has 0 bridgehead atoms. The van der Waals surface area contributed by atoms with E-state index in [-0.39, 0.29) is 18.0 Å². The first-order chi connectivity index (χ1) is 12.3. The number of carbonyl (C=O) groups is 1. The highest BCUT2D eigenvalue weighted by atomic mass is 32.1. The average molecular weight is 377 g/mol. The third-order valence-corrected chi connectivity index (χ3v) is 4.88. The van der Waals surface area contributed by atoms with Gasteiger partial charge in [0, 0.05) is 18.0 Å². The van der Waals surface area contributed by atoms with Crippen LogP contribution in [0.3, 0.4) is 0 Å². The molecule has 2 heterocycles. The molecule has 1 aromatic carbocycles. The van der Waals surface area contributed by atoms with Gasteiger partial charge in [-0.25, -0.2) is 0 Å². The van der Waals surface area contributed by atoms with E-state index < -0.39 is 11.7 Å². The summed E-state index contributed by atoms with van der Waals surface area (Å²) in [5, 5.41) is 7.86. The van der Waals surface area contributed by atoms with E-state index in [9.17, 15) is 18.0 Å². The highest BCUT2D eigenvalue weighted by molar-refractivity contribution is 7.20. The Morgan fingerprint density at radius 3 is 2.81 bits per heavy atom. The second-order valence-corrected chi connectivity index (χ2v) is 6.63. The summed E-state index contributed by atoms with van der Waals surface area (Å²) in [6.45, 7) is 1.91. The molecule has 0 aliphatic heterocycles. The van der Waals surface area contributed by atoms with E-state index in [1.807, 2.05) is 14.0 Å². The van der Waals surface area contributed by atoms with Crippen molar-refractivity contribution in [2.45, 2.75) is 13.1 Å². The molecule has 0 saturated carbocycles. The first-order valence-electron chi connectivity index (χ1n) is 7.63. The van der Waals surface area contributed by atoms with Gasteiger partial charge >= 0.3 is 6.18 Å². The van der Waals surface area contributed by atoms with Gasteiger partial charge in [-0.15, -0.1) is 11.3 Å². The number of aryl methyl sites for hydroxylation is 2. The second-order valence-electron chi connectivity index (χ2n) is 5.60. The molecule has 0 saturated heterocycles. The smallest absolute Gasteiger partial charge is 0.340 e. The lowest BCUT2D eigenvalue weighted by Gasteiger charge is -2.05. The maximum Gasteiger partial charge on any atom is 0.416 e. The van der Waals surface area contributed by atoms with Crippen LogP contribution in [-0.4, -0.2) is 22.2 Å². The lowest BCUT2D eigenvalue weighted by Crippen LogP contribution is -2.22. The van der Waals surface area contributed by atoms with Gasteiger partial charge < -0.3 is 5.32 Å². The summed E-state index contributed by atoms with van der Waals surface area (Å²) in [4.78, 5) is 13.6. The Morgan fingerprint density at radius 1 is 1.35 bits per heavy atom. The molecule has 1 N–H and O–H groups in total. The van der Waals surface area contributed by atoms with E-state index in [1.165, 1.54) is 23.5 Å². The molecule has 3 aromatic rings. The zero-order chi connectivity index (χ0) is 18.9. The Bertz CT molecular complexity index is 1000. The Labute approximate surface area is 151 Å². The van der Waals surface area contributed by atoms with Gasteiger partial charge in [0.05, 0.1) is 22.7 Å². The summed E-state index contributed by atoms with van der Waals surface area (Å²) >= 11 is 1.33. The van der Waals surface area contributed by atoms with Crippen molar-refractivity contribution < 1.29 is 18.0 Å². The van der Waals surface area contributed by atoms with Crippen molar-refractivity contribution in [1.82, 2.24) is 15.1 Å². The van der Waals surface area contributed by atoms with E-state index >= 15 is 0 Å². The summed E-state index contributed by atoms with van der Waals surface area (Å²) < 4.78 is 39.7. The Morgan fingerprint density at radius 2 is 2.12 bits per heavy atom. The van der Waals surface area contributed by atoms with Gasteiger partial charge in [-0.1, -0.05) is 17.9 Å². The van der Waals surface area contributed by atoms with Crippen LogP contribution in [0.5, 0.6) is 0 Å². The standard InChI is InChI=1S/C18H14F3N3OS/c1-11-14-10-15(26-17(14)24(2)23-11)16(25)22-8-4-6-12-5-3-7-13(9-12)18(19,20)21/h3,5,7,9-10H,8H2,1-2H3,(H,22,25). The molecule has 3 rings (SSSR count). The number of amides is 1. The van der Waals surface area contributed by atoms with E-state index in [2.05, 4.69) is 22.3 Å². The predicted molar refractivity (Wildman–Crippen MR) is 94.0 cm³/mol. The number of fused-ring (bicyclic) bond motifs is 1. The molecule has 26 heavy (non-hydrogen) atoms. The first kappa shape index (κ1) is 18.0. The molecule has 0 fully saturated rings. The molecular formula is C18H14F3N3OS. The van der Waals surface area contributed by atoms with Crippen LogP contribution >= 0.6 is 11.3 Å². The fraction of sp³-hybridized carbons (Fsp3) is 0.222. The van der Waals surface area contributed by atoms with Gasteiger partial charge in [-0.2, -0.15) is 18.3 Å². The minimum atomic E-state index is -4.40. The number of thiophene rings is 1. The van der Waals surface area contributed by atoms with Crippen molar-refractivity contribution in [2.75, 3.05) is 6.54 Å². The SMILES string of the molecule is Cc1nn(C)c2sc(C(=O)NCC#Cc3cccc(C(F)(F)F)c3)cc12. The fourth-order valence-corrected chi connectivity index (χ4v) is 3.49. The Kier molecular flexibility index (Phi) is 4.74. The number of hydrogen-bond donors (Lipinski definition) is 1. The number of nitrogens with one attached hydrogen (secondary N) is 1. The molecular weight excluding hydrogens is 363 g/mol. The molecule has 0 aliphatic rings. The number of benzene rings is 1. The van der Waals surface area contributed by atoms with Crippen LogP contribution in [0.4, 0.5) is 13.2 Å². The second kappa shape index (κ2) is 6.84. The van der Waals surface area contributed by atoms with E-state index in [1.54, 1.807) is 10.7 Å². The summed E-state index contributed by atoms with van der Waals surface area (Å²) in [5.74, 6) is 5.02. The van der Waals surface area contributed by atoms with Crippen LogP contribution in [0.25, 0.3) is 10.2 Å². The normalized spacial score (nSPS) is 11.3. The summed E-state index contributed by atoms with van der Waals surface area (Å²) in [7, 11) is 1.81. The molecule has 4 nitrogen and oxygen atoms in total. The van der Waals surface area contributed by atoms with Gasteiger partial charge in [-0.05, 0) is 31.2 Å². The van der Waals surface area contributed by atoms with Crippen molar-refractivity contribution in [3.8, 4) is 11.8 Å². The van der Waals surface area contributed by atoms with E-state index in [4.69, 9.17) is 0 Å². The number of nitrogens with zero attached hydrogens (tertiary/aromatic N) is 2. The highest BCUT2D eigenvalue weighted by Crippen LogP contribution is 2.29. The van der Waals surface area contributed by atoms with Crippen molar-refractivity contribution in [3.63, 3.8) is 0 Å². The first-order valence-corrected chi connectivity index (χ1v) is 8.45. The molecule has 0 unspecified atom stereocenters. The van der Waals surface area contributed by atoms with Crippen molar-refractivity contribution in [2.24, 2.45) is 7.05 Å². The van der Waals surface area contributed by atoms with Crippen LogP contribution < -0.4 is 5.32 Å². The lowest BCUT2D eigenvalue weighted by atomic mass is 10.1. The monoisotopic (exact) mass is 377 g/mol. The van der Waals surface area contributed by atoms with Crippen molar-refractivity contribution >= 4 is 27.5 Å². The zero-order valence-corrected chi connectivity index (χ0v) is 14.8. The number of carbonyl (C=O) groups excluding carboxylic acids is 1. The largest absolute Gasteiger partial charge is 0.416 e. The molecule has 2 aromatic heterocycles. The number of halogens is 3. The number of aromatic nitrogens is 2. The fourth-order valence-electron chi connectivity index (χ4n) is 2.45. The topological polar surface area (TPSA) is 46.9 Å². The van der Waals surface area contributed by atoms with Gasteiger partial charge in [-0.3, -0.25) is 9.48 Å². The van der Waals surface area contributed by atoms with Crippen molar-refractivity contribution in [1.29, 1.82) is 0 Å². The van der Waals surface area contributed by atoms with Gasteiger partial charge in [0.15, 0.2) is 0 Å². The van der Waals surface area contributed by atoms with Gasteiger partial charge in [0.25, 0.3) is 5.91 Å². The Hall–Kier alpha value is -2.79. The van der Waals surface area contributed by atoms with Gasteiger partial charge in [0.2, 0.25) is 0 Å². The highest BCUT2D eigenvalue weighted by Gasteiger charge is 2.30. The summed E-state index contributed by atoms with van der Waals surface area (Å²) in [5.41, 5.74) is 0.349. The van der Waals surface area contributed by atoms with Crippen LogP contribution in [0.1, 0.15) is 26.5 Å². The average Bonchev–Trinajstić information content (AvgIpc) is 3.13. The minimum Gasteiger partial charge on any atom is -0.340 e. The molecule has 0 atom stereocenters. The molecule has 134 valence electrons. The zero-order valence-electron chi connectivity index (χ0n) is 13.9. The van der Waals surface area contributed by atoms with Gasteiger partial charge in [0.1, 0.15) is 4.83 Å². The molecule has 0 radical (unpaired) electrons. The summed E-state index contributed by atoms with van der Waals surface area (Å²) in [6, 6.07) is 6.55. The molecule has 8 heteroatoms. The van der Waals surface area contributed by atoms with Crippen LogP contribution in [0, 0.1) is 18.8 Å². The van der Waals surface area contributed by atoms with Crippen LogP contribution in [0.15, 0.2) is 30.3 Å². The molecule has 1 amide bonds. The van der Waals surface area contributed by atoms with Crippen LogP contribution in [0.2, 0.25) is 0 Å².